The summed E-state index contributed by atoms with van der Waals surface area (Å²) in [4.78, 5) is 51.6. The quantitative estimate of drug-likeness (QED) is 0.0153. The maximum atomic E-state index is 13.2. The van der Waals surface area contributed by atoms with Crippen LogP contribution in [0.15, 0.2) is 23.8 Å². The second kappa shape index (κ2) is 29.6. The Bertz CT molecular complexity index is 1660. The number of allylic oxidation sites excluding steroid dienone is 3. The Balaban J connectivity index is 1.19. The first-order valence-corrected chi connectivity index (χ1v) is 29.5. The van der Waals surface area contributed by atoms with Crippen LogP contribution in [-0.4, -0.2) is 82.1 Å². The molecular formula is C57H100NO10P. The fraction of sp³-hybridized carbons (Fsp3) is 0.877. The average Bonchev–Trinajstić information content (AvgIpc) is 3.64. The smallest absolute Gasteiger partial charge is 0.306 e. The van der Waals surface area contributed by atoms with E-state index in [0.29, 0.717) is 28.8 Å². The Morgan fingerprint density at radius 3 is 2.12 bits per heavy atom. The number of carbonyl (C=O) groups excluding carboxylic acids is 3. The van der Waals surface area contributed by atoms with Crippen LogP contribution in [-0.2, 0) is 42.2 Å². The van der Waals surface area contributed by atoms with E-state index in [1.54, 1.807) is 0 Å². The van der Waals surface area contributed by atoms with E-state index in [9.17, 15) is 23.8 Å². The molecule has 4 aliphatic carbocycles. The molecule has 0 amide bonds. The molecule has 0 aromatic carbocycles. The summed E-state index contributed by atoms with van der Waals surface area (Å²) < 4.78 is 40.2. The molecule has 4 rings (SSSR count). The highest BCUT2D eigenvalue weighted by molar-refractivity contribution is 7.45. The van der Waals surface area contributed by atoms with Gasteiger partial charge >= 0.3 is 17.9 Å². The van der Waals surface area contributed by atoms with Crippen molar-refractivity contribution in [3.05, 3.63) is 23.8 Å². The van der Waals surface area contributed by atoms with Crippen LogP contribution in [0.25, 0.3) is 0 Å². The summed E-state index contributed by atoms with van der Waals surface area (Å²) in [5, 5.41) is 0. The molecule has 3 fully saturated rings. The van der Waals surface area contributed by atoms with E-state index in [0.717, 1.165) is 93.8 Å². The topological polar surface area (TPSA) is 137 Å². The molecule has 12 heteroatoms. The van der Waals surface area contributed by atoms with Gasteiger partial charge in [-0.3, -0.25) is 18.9 Å². The van der Waals surface area contributed by atoms with Crippen molar-refractivity contribution in [1.29, 1.82) is 0 Å². The molecule has 0 spiro atoms. The third kappa shape index (κ3) is 20.4. The Hall–Kier alpha value is -2.04. The molecule has 69 heavy (non-hydrogen) atoms. The lowest BCUT2D eigenvalue weighted by molar-refractivity contribution is -0.870. The van der Waals surface area contributed by atoms with Crippen molar-refractivity contribution in [2.45, 2.75) is 227 Å². The zero-order valence-corrected chi connectivity index (χ0v) is 46.1. The first kappa shape index (κ1) is 59.5. The van der Waals surface area contributed by atoms with Gasteiger partial charge in [-0.2, -0.15) is 0 Å². The molecule has 398 valence electrons. The highest BCUT2D eigenvalue weighted by atomic mass is 31.2. The van der Waals surface area contributed by atoms with E-state index >= 15 is 0 Å². The van der Waals surface area contributed by atoms with Gasteiger partial charge in [0.2, 0.25) is 0 Å². The van der Waals surface area contributed by atoms with Gasteiger partial charge in [-0.15, -0.1) is 0 Å². The number of fused-ring (bicyclic) bond motifs is 5. The number of unbranched alkanes of at least 4 members (excludes halogenated alkanes) is 11. The largest absolute Gasteiger partial charge is 0.756 e. The lowest BCUT2D eigenvalue weighted by Crippen LogP contribution is -2.51. The fourth-order valence-corrected chi connectivity index (χ4v) is 13.5. The number of nitrogens with zero attached hydrogens (tertiary/aromatic N) is 1. The van der Waals surface area contributed by atoms with Gasteiger partial charge in [0.05, 0.1) is 40.6 Å². The van der Waals surface area contributed by atoms with Gasteiger partial charge in [-0.05, 0) is 123 Å². The Morgan fingerprint density at radius 1 is 0.768 bits per heavy atom. The highest BCUT2D eigenvalue weighted by Gasteiger charge is 2.59. The van der Waals surface area contributed by atoms with Crippen LogP contribution in [0.5, 0.6) is 0 Å². The second-order valence-corrected chi connectivity index (χ2v) is 25.3. The molecule has 0 N–H and O–H groups in total. The molecule has 0 aliphatic heterocycles. The minimum Gasteiger partial charge on any atom is -0.756 e. The zero-order chi connectivity index (χ0) is 50.5. The van der Waals surface area contributed by atoms with Crippen molar-refractivity contribution < 1.29 is 51.6 Å². The number of quaternary nitrogens is 1. The van der Waals surface area contributed by atoms with Crippen LogP contribution in [0, 0.1) is 46.3 Å². The summed E-state index contributed by atoms with van der Waals surface area (Å²) in [6, 6.07) is 0. The van der Waals surface area contributed by atoms with Gasteiger partial charge in [0.1, 0.15) is 25.9 Å². The van der Waals surface area contributed by atoms with Crippen molar-refractivity contribution in [2.75, 3.05) is 47.5 Å². The van der Waals surface area contributed by atoms with Gasteiger partial charge in [0.25, 0.3) is 7.82 Å². The summed E-state index contributed by atoms with van der Waals surface area (Å²) in [5.41, 5.74) is 2.01. The van der Waals surface area contributed by atoms with Gasteiger partial charge in [-0.1, -0.05) is 136 Å². The molecule has 4 aliphatic rings. The monoisotopic (exact) mass is 990 g/mol. The first-order valence-electron chi connectivity index (χ1n) is 28.1. The van der Waals surface area contributed by atoms with Crippen LogP contribution in [0.3, 0.4) is 0 Å². The normalized spacial score (nSPS) is 27.5. The molecule has 0 aromatic heterocycles. The third-order valence-electron chi connectivity index (χ3n) is 16.9. The molecule has 3 saturated carbocycles. The van der Waals surface area contributed by atoms with E-state index in [4.69, 9.17) is 23.3 Å². The molecule has 0 radical (unpaired) electrons. The van der Waals surface area contributed by atoms with E-state index in [-0.39, 0.29) is 44.0 Å². The average molecular weight is 990 g/mol. The minimum absolute atomic E-state index is 0.0843. The number of carbonyl (C=O) groups is 3. The zero-order valence-electron chi connectivity index (χ0n) is 45.2. The number of phosphoric acid groups is 1. The summed E-state index contributed by atoms with van der Waals surface area (Å²) in [5.74, 6) is 2.92. The van der Waals surface area contributed by atoms with Crippen LogP contribution in [0.1, 0.15) is 215 Å². The molecule has 11 nitrogen and oxygen atoms in total. The van der Waals surface area contributed by atoms with Crippen molar-refractivity contribution >= 4 is 25.7 Å². The number of rotatable bonds is 34. The standard InChI is InChI=1S/C57H100NO10P/c1-10-11-12-13-14-15-16-17-18-19-20-21-22-23-24-28-53(59)64-42-48(43-66-69(62,63)65-40-39-58(7,8)9)68-55(61)34-33-54(60)67-47-35-37-56(5)46(41-47)29-30-49-51-32-31-50(45(4)27-25-26-44(2)3)57(51,6)38-36-52(49)56/h17-18,29,44-45,47-52H,10-16,19-28,30-43H2,1-9H3/b18-17+/t45-,47+,48+,49+,50-,51+,52+,56+,57-/m1/s1. The SMILES string of the molecule is CCCCCCCC/C=C/CCCCCCCC(=O)OC[C@@H](COP(=O)([O-])OCC[N+](C)(C)C)OC(=O)CCC(=O)O[C@H]1CC[C@@]2(C)C(=CC[C@H]3[C@@H]4CC[C@H]([C@H](C)CCCC(C)C)[C@@]4(C)CC[C@@H]32)C1. The van der Waals surface area contributed by atoms with Crippen molar-refractivity contribution in [2.24, 2.45) is 46.3 Å². The number of esters is 3. The van der Waals surface area contributed by atoms with E-state index in [1.165, 1.54) is 89.0 Å². The minimum atomic E-state index is -4.74. The third-order valence-corrected chi connectivity index (χ3v) is 17.9. The van der Waals surface area contributed by atoms with Crippen molar-refractivity contribution in [3.63, 3.8) is 0 Å². The molecule has 0 saturated heterocycles. The lowest BCUT2D eigenvalue weighted by Gasteiger charge is -2.58. The molecule has 10 atom stereocenters. The summed E-state index contributed by atoms with van der Waals surface area (Å²) in [6.07, 6.45) is 33.4. The van der Waals surface area contributed by atoms with Gasteiger partial charge in [0.15, 0.2) is 6.10 Å². The van der Waals surface area contributed by atoms with E-state index in [1.807, 2.05) is 21.1 Å². The number of hydrogen-bond acceptors (Lipinski definition) is 10. The number of hydrogen-bond donors (Lipinski definition) is 0. The van der Waals surface area contributed by atoms with Crippen LogP contribution in [0.4, 0.5) is 0 Å². The van der Waals surface area contributed by atoms with E-state index in [2.05, 4.69) is 59.8 Å². The summed E-state index contributed by atoms with van der Waals surface area (Å²) >= 11 is 0. The second-order valence-electron chi connectivity index (χ2n) is 23.9. The predicted molar refractivity (Wildman–Crippen MR) is 275 cm³/mol. The van der Waals surface area contributed by atoms with Crippen LogP contribution >= 0.6 is 7.82 Å². The molecule has 0 aromatic rings. The first-order chi connectivity index (χ1) is 32.8. The Labute approximate surface area is 420 Å². The molecule has 0 heterocycles. The van der Waals surface area contributed by atoms with Crippen LogP contribution in [0.2, 0.25) is 0 Å². The number of likely N-dealkylation sites (N-methyl/N-ethyl adjacent to an activating group) is 1. The maximum Gasteiger partial charge on any atom is 0.306 e. The Morgan fingerprint density at radius 2 is 1.43 bits per heavy atom. The van der Waals surface area contributed by atoms with Gasteiger partial charge in [0, 0.05) is 12.8 Å². The molecular weight excluding hydrogens is 890 g/mol. The number of phosphoric ester groups is 1. The summed E-state index contributed by atoms with van der Waals surface area (Å²) in [6.45, 7) is 13.9. The van der Waals surface area contributed by atoms with Crippen LogP contribution < -0.4 is 4.89 Å². The predicted octanol–water partition coefficient (Wildman–Crippen LogP) is 13.4. The molecule has 1 unspecified atom stereocenters. The van der Waals surface area contributed by atoms with E-state index < -0.39 is 38.4 Å². The van der Waals surface area contributed by atoms with Gasteiger partial charge < -0.3 is 32.6 Å². The maximum absolute atomic E-state index is 13.2. The Kier molecular flexibility index (Phi) is 25.5. The van der Waals surface area contributed by atoms with Crippen molar-refractivity contribution in [3.8, 4) is 0 Å². The summed E-state index contributed by atoms with van der Waals surface area (Å²) in [7, 11) is 0.993. The number of ether oxygens (including phenoxy) is 3. The lowest BCUT2D eigenvalue weighted by atomic mass is 9.47. The molecule has 0 bridgehead atoms. The van der Waals surface area contributed by atoms with Gasteiger partial charge in [-0.25, -0.2) is 0 Å². The highest BCUT2D eigenvalue weighted by Crippen LogP contribution is 2.67. The fourth-order valence-electron chi connectivity index (χ4n) is 12.8. The van der Waals surface area contributed by atoms with Crippen molar-refractivity contribution in [1.82, 2.24) is 0 Å².